The van der Waals surface area contributed by atoms with Gasteiger partial charge in [0, 0.05) is 49.2 Å². The van der Waals surface area contributed by atoms with Crippen molar-refractivity contribution in [2.45, 2.75) is 20.3 Å². The average Bonchev–Trinajstić information content (AvgIpc) is 2.92. The van der Waals surface area contributed by atoms with Crippen molar-refractivity contribution in [3.05, 3.63) is 93.8 Å². The highest BCUT2D eigenvalue weighted by atomic mass is 35.5. The Bertz CT molecular complexity index is 1590. The lowest BCUT2D eigenvalue weighted by atomic mass is 10.0. The molecule has 1 N–H and O–H groups in total. The molecule has 3 aromatic carbocycles. The molecule has 0 radical (unpaired) electrons. The van der Waals surface area contributed by atoms with Crippen molar-refractivity contribution < 1.29 is 14.0 Å². The summed E-state index contributed by atoms with van der Waals surface area (Å²) < 4.78 is 5.46. The van der Waals surface area contributed by atoms with Gasteiger partial charge in [0.05, 0.1) is 16.3 Å². The average molecular weight is 544 g/mol. The number of benzene rings is 3. The van der Waals surface area contributed by atoms with Crippen LogP contribution in [0.5, 0.6) is 0 Å². The lowest BCUT2D eigenvalue weighted by Crippen LogP contribution is -2.49. The predicted molar refractivity (Wildman–Crippen MR) is 156 cm³/mol. The van der Waals surface area contributed by atoms with Gasteiger partial charge in [0.2, 0.25) is 5.91 Å². The lowest BCUT2D eigenvalue weighted by molar-refractivity contribution is -0.132. The zero-order valence-corrected chi connectivity index (χ0v) is 22.7. The van der Waals surface area contributed by atoms with Gasteiger partial charge in [0.15, 0.2) is 0 Å². The molecule has 1 aromatic heterocycles. The van der Waals surface area contributed by atoms with Crippen LogP contribution in [-0.2, 0) is 4.79 Å². The number of piperazine rings is 1. The third-order valence-electron chi connectivity index (χ3n) is 6.84. The molecule has 0 saturated carbocycles. The van der Waals surface area contributed by atoms with Crippen LogP contribution in [0.15, 0.2) is 82.0 Å². The Morgan fingerprint density at radius 3 is 2.46 bits per heavy atom. The molecular weight excluding hydrogens is 514 g/mol. The lowest BCUT2D eigenvalue weighted by Gasteiger charge is -2.36. The first kappa shape index (κ1) is 26.5. The third-order valence-corrected chi connectivity index (χ3v) is 7.14. The summed E-state index contributed by atoms with van der Waals surface area (Å²) in [5, 5.41) is 4.23. The van der Waals surface area contributed by atoms with E-state index in [0.717, 1.165) is 11.1 Å². The maximum Gasteiger partial charge on any atom is 0.344 e. The smallest absolute Gasteiger partial charge is 0.344 e. The number of para-hydroxylation sites is 1. The zero-order chi connectivity index (χ0) is 27.5. The molecule has 2 heterocycles. The van der Waals surface area contributed by atoms with E-state index >= 15 is 0 Å². The molecule has 2 amide bonds. The van der Waals surface area contributed by atoms with Gasteiger partial charge in [-0.1, -0.05) is 55.8 Å². The predicted octanol–water partition coefficient (Wildman–Crippen LogP) is 6.06. The van der Waals surface area contributed by atoms with E-state index in [9.17, 15) is 14.4 Å². The first-order valence-corrected chi connectivity index (χ1v) is 13.4. The molecule has 200 valence electrons. The van der Waals surface area contributed by atoms with Crippen molar-refractivity contribution in [3.8, 4) is 11.1 Å². The summed E-state index contributed by atoms with van der Waals surface area (Å²) in [5.41, 5.74) is 2.89. The van der Waals surface area contributed by atoms with Crippen LogP contribution in [-0.4, -0.2) is 42.9 Å². The number of rotatable bonds is 6. The van der Waals surface area contributed by atoms with E-state index in [1.54, 1.807) is 42.5 Å². The third kappa shape index (κ3) is 5.99. The van der Waals surface area contributed by atoms with Gasteiger partial charge in [-0.25, -0.2) is 4.79 Å². The number of nitrogens with zero attached hydrogens (tertiary/aromatic N) is 2. The summed E-state index contributed by atoms with van der Waals surface area (Å²) in [5.74, 6) is 0.219. The summed E-state index contributed by atoms with van der Waals surface area (Å²) in [4.78, 5) is 42.1. The van der Waals surface area contributed by atoms with Crippen molar-refractivity contribution >= 4 is 45.8 Å². The van der Waals surface area contributed by atoms with Crippen LogP contribution in [0.3, 0.4) is 0 Å². The van der Waals surface area contributed by atoms with Crippen LogP contribution in [0.2, 0.25) is 5.02 Å². The number of nitrogens with one attached hydrogen (secondary N) is 1. The van der Waals surface area contributed by atoms with E-state index in [1.807, 2.05) is 35.2 Å². The van der Waals surface area contributed by atoms with Crippen LogP contribution in [0.1, 0.15) is 30.6 Å². The maximum absolute atomic E-state index is 13.1. The molecule has 39 heavy (non-hydrogen) atoms. The number of fused-ring (bicyclic) bond motifs is 1. The van der Waals surface area contributed by atoms with Gasteiger partial charge < -0.3 is 19.5 Å². The van der Waals surface area contributed by atoms with Crippen LogP contribution >= 0.6 is 11.6 Å². The van der Waals surface area contributed by atoms with Gasteiger partial charge in [-0.05, 0) is 53.9 Å². The standard InChI is InChI=1S/C31H30ClN3O4/c1-20(2)16-29(36)35-14-12-34(13-15-35)27-11-10-24(19-26(27)32)33-30(37)23-8-5-7-21(17-23)25-18-22-6-3-4-9-28(22)39-31(25)38/h3-11,17-20H,12-16H2,1-2H3,(H,33,37). The largest absolute Gasteiger partial charge is 0.422 e. The molecule has 0 bridgehead atoms. The fourth-order valence-electron chi connectivity index (χ4n) is 4.81. The second-order valence-electron chi connectivity index (χ2n) is 10.2. The monoisotopic (exact) mass is 543 g/mol. The molecule has 1 saturated heterocycles. The molecule has 0 atom stereocenters. The second kappa shape index (κ2) is 11.3. The Labute approximate surface area is 232 Å². The molecule has 0 aliphatic carbocycles. The number of hydrogen-bond acceptors (Lipinski definition) is 5. The number of halogens is 1. The molecule has 4 aromatic rings. The van der Waals surface area contributed by atoms with Crippen molar-refractivity contribution in [1.82, 2.24) is 4.90 Å². The molecule has 5 rings (SSSR count). The second-order valence-corrected chi connectivity index (χ2v) is 10.6. The minimum absolute atomic E-state index is 0.194. The molecule has 7 nitrogen and oxygen atoms in total. The van der Waals surface area contributed by atoms with E-state index in [1.165, 1.54) is 0 Å². The Morgan fingerprint density at radius 1 is 0.949 bits per heavy atom. The molecule has 1 fully saturated rings. The Morgan fingerprint density at radius 2 is 1.72 bits per heavy atom. The summed E-state index contributed by atoms with van der Waals surface area (Å²) in [6.45, 7) is 6.82. The SMILES string of the molecule is CC(C)CC(=O)N1CCN(c2ccc(NC(=O)c3cccc(-c4cc5ccccc5oc4=O)c3)cc2Cl)CC1. The minimum Gasteiger partial charge on any atom is -0.422 e. The molecule has 8 heteroatoms. The van der Waals surface area contributed by atoms with Crippen molar-refractivity contribution in [3.63, 3.8) is 0 Å². The molecule has 1 aliphatic heterocycles. The van der Waals surface area contributed by atoms with Crippen LogP contribution in [0, 0.1) is 5.92 Å². The van der Waals surface area contributed by atoms with Crippen molar-refractivity contribution in [2.24, 2.45) is 5.92 Å². The topological polar surface area (TPSA) is 82.9 Å². The van der Waals surface area contributed by atoms with E-state index in [-0.39, 0.29) is 11.8 Å². The maximum atomic E-state index is 13.1. The molecular formula is C31H30ClN3O4. The summed E-state index contributed by atoms with van der Waals surface area (Å²) >= 11 is 6.61. The molecule has 1 aliphatic rings. The van der Waals surface area contributed by atoms with Crippen LogP contribution < -0.4 is 15.8 Å². The summed E-state index contributed by atoms with van der Waals surface area (Å²) in [6.07, 6.45) is 0.563. The van der Waals surface area contributed by atoms with Crippen LogP contribution in [0.4, 0.5) is 11.4 Å². The number of hydrogen-bond donors (Lipinski definition) is 1. The quantitative estimate of drug-likeness (QED) is 0.299. The first-order valence-electron chi connectivity index (χ1n) is 13.1. The Hall–Kier alpha value is -4.10. The van der Waals surface area contributed by atoms with Crippen LogP contribution in [0.25, 0.3) is 22.1 Å². The van der Waals surface area contributed by atoms with Gasteiger partial charge in [-0.3, -0.25) is 9.59 Å². The van der Waals surface area contributed by atoms with E-state index in [4.69, 9.17) is 16.0 Å². The molecule has 0 spiro atoms. The Balaban J connectivity index is 1.27. The van der Waals surface area contributed by atoms with E-state index < -0.39 is 5.63 Å². The highest BCUT2D eigenvalue weighted by Gasteiger charge is 2.23. The van der Waals surface area contributed by atoms with Gasteiger partial charge in [0.1, 0.15) is 5.58 Å². The van der Waals surface area contributed by atoms with E-state index in [0.29, 0.717) is 71.5 Å². The minimum atomic E-state index is -0.459. The van der Waals surface area contributed by atoms with Crippen molar-refractivity contribution in [1.29, 1.82) is 0 Å². The number of anilines is 2. The number of amides is 2. The van der Waals surface area contributed by atoms with E-state index in [2.05, 4.69) is 24.1 Å². The highest BCUT2D eigenvalue weighted by molar-refractivity contribution is 6.33. The normalized spacial score (nSPS) is 13.6. The fraction of sp³-hybridized carbons (Fsp3) is 0.258. The summed E-state index contributed by atoms with van der Waals surface area (Å²) in [6, 6.07) is 21.4. The highest BCUT2D eigenvalue weighted by Crippen LogP contribution is 2.30. The Kier molecular flexibility index (Phi) is 7.70. The fourth-order valence-corrected chi connectivity index (χ4v) is 5.11. The van der Waals surface area contributed by atoms with Gasteiger partial charge in [-0.15, -0.1) is 0 Å². The van der Waals surface area contributed by atoms with Gasteiger partial charge >= 0.3 is 5.63 Å². The number of carbonyl (C=O) groups excluding carboxylic acids is 2. The number of carbonyl (C=O) groups is 2. The van der Waals surface area contributed by atoms with Gasteiger partial charge in [-0.2, -0.15) is 0 Å². The zero-order valence-electron chi connectivity index (χ0n) is 21.9. The first-order chi connectivity index (χ1) is 18.8. The van der Waals surface area contributed by atoms with Crippen molar-refractivity contribution in [2.75, 3.05) is 36.4 Å². The molecule has 0 unspecified atom stereocenters. The van der Waals surface area contributed by atoms with Gasteiger partial charge in [0.25, 0.3) is 5.91 Å². The summed E-state index contributed by atoms with van der Waals surface area (Å²) in [7, 11) is 0.